The number of rotatable bonds is 8. The van der Waals surface area contributed by atoms with E-state index in [4.69, 9.17) is 18.9 Å². The summed E-state index contributed by atoms with van der Waals surface area (Å²) >= 11 is 0. The number of carbonyl (C=O) groups is 2. The van der Waals surface area contributed by atoms with Crippen LogP contribution in [-0.2, 0) is 20.9 Å². The molecule has 1 saturated heterocycles. The second-order valence-electron chi connectivity index (χ2n) is 9.46. The molecule has 0 aromatic heterocycles. The van der Waals surface area contributed by atoms with Gasteiger partial charge >= 0.3 is 12.1 Å². The van der Waals surface area contributed by atoms with Crippen molar-refractivity contribution in [2.75, 3.05) is 20.8 Å². The number of aliphatic carboxylic acids is 1. The summed E-state index contributed by atoms with van der Waals surface area (Å²) in [6, 6.07) is 10.8. The summed E-state index contributed by atoms with van der Waals surface area (Å²) in [6.45, 7) is 4.99. The van der Waals surface area contributed by atoms with Crippen LogP contribution in [0.15, 0.2) is 42.5 Å². The number of hydrogen-bond acceptors (Lipinski definition) is 6. The molecule has 1 N–H and O–H groups in total. The zero-order chi connectivity index (χ0) is 25.8. The summed E-state index contributed by atoms with van der Waals surface area (Å²) in [4.78, 5) is 26.9. The van der Waals surface area contributed by atoms with Crippen LogP contribution in [0.3, 0.4) is 0 Å². The Bertz CT molecular complexity index is 1070. The third kappa shape index (κ3) is 5.67. The summed E-state index contributed by atoms with van der Waals surface area (Å²) in [6.07, 6.45) is -0.167. The lowest BCUT2D eigenvalue weighted by Gasteiger charge is -2.38. The molecule has 1 aliphatic rings. The molecule has 2 aromatic carbocycles. The molecule has 35 heavy (non-hydrogen) atoms. The van der Waals surface area contributed by atoms with E-state index >= 15 is 0 Å². The molecule has 0 radical (unpaired) electrons. The number of carbonyl (C=O) groups excluding carboxylic acids is 1. The van der Waals surface area contributed by atoms with Crippen LogP contribution in [0.4, 0.5) is 9.18 Å². The van der Waals surface area contributed by atoms with Crippen LogP contribution in [0.5, 0.6) is 11.5 Å². The first-order valence-corrected chi connectivity index (χ1v) is 11.3. The molecule has 0 saturated carbocycles. The Balaban J connectivity index is 1.94. The Morgan fingerprint density at radius 2 is 1.86 bits per heavy atom. The second-order valence-corrected chi connectivity index (χ2v) is 9.46. The van der Waals surface area contributed by atoms with Crippen molar-refractivity contribution in [1.82, 2.24) is 4.90 Å². The standard InChI is InChI=1S/C26H32FNO7/c1-25(2,3)35-24(31)28-20(12-13-26(28,16-32-4)23(29)30)17-10-11-21(22(14-17)33-5)34-15-18-8-6-7-9-19(18)27/h6-11,14,20H,12-13,15-16H2,1-5H3,(H,29,30)/t20-,26-/m1/s1. The number of methoxy groups -OCH3 is 2. The Kier molecular flexibility index (Phi) is 7.90. The number of ether oxygens (including phenoxy) is 4. The fourth-order valence-electron chi connectivity index (χ4n) is 4.29. The lowest BCUT2D eigenvalue weighted by molar-refractivity contribution is -0.153. The lowest BCUT2D eigenvalue weighted by atomic mass is 9.97. The summed E-state index contributed by atoms with van der Waals surface area (Å²) in [5.41, 5.74) is -1.33. The highest BCUT2D eigenvalue weighted by Crippen LogP contribution is 2.45. The molecule has 8 nitrogen and oxygen atoms in total. The fourth-order valence-corrected chi connectivity index (χ4v) is 4.29. The minimum absolute atomic E-state index is 0.00576. The number of carboxylic acids is 1. The molecular formula is C26H32FNO7. The molecule has 3 rings (SSSR count). The van der Waals surface area contributed by atoms with Gasteiger partial charge in [-0.15, -0.1) is 0 Å². The monoisotopic (exact) mass is 489 g/mol. The summed E-state index contributed by atoms with van der Waals surface area (Å²) < 4.78 is 36.0. The highest BCUT2D eigenvalue weighted by atomic mass is 19.1. The zero-order valence-electron chi connectivity index (χ0n) is 20.7. The minimum Gasteiger partial charge on any atom is -0.493 e. The number of likely N-dealkylation sites (tertiary alicyclic amines) is 1. The van der Waals surface area contributed by atoms with Crippen LogP contribution < -0.4 is 9.47 Å². The SMILES string of the molecule is COC[C@@]1(C(=O)O)CC[C@H](c2ccc(OCc3ccccc3F)c(OC)c2)N1C(=O)OC(C)(C)C. The number of nitrogens with zero attached hydrogens (tertiary/aromatic N) is 1. The second kappa shape index (κ2) is 10.5. The van der Waals surface area contributed by atoms with E-state index in [1.54, 1.807) is 57.2 Å². The first-order valence-electron chi connectivity index (χ1n) is 11.3. The van der Waals surface area contributed by atoms with E-state index in [2.05, 4.69) is 0 Å². The smallest absolute Gasteiger partial charge is 0.411 e. The van der Waals surface area contributed by atoms with Gasteiger partial charge in [-0.1, -0.05) is 24.3 Å². The average molecular weight is 490 g/mol. The molecule has 0 bridgehead atoms. The molecule has 9 heteroatoms. The Morgan fingerprint density at radius 3 is 2.46 bits per heavy atom. The van der Waals surface area contributed by atoms with E-state index in [9.17, 15) is 19.1 Å². The van der Waals surface area contributed by atoms with Gasteiger partial charge < -0.3 is 24.1 Å². The highest BCUT2D eigenvalue weighted by Gasteiger charge is 2.56. The average Bonchev–Trinajstić information content (AvgIpc) is 3.18. The zero-order valence-corrected chi connectivity index (χ0v) is 20.7. The topological polar surface area (TPSA) is 94.5 Å². The molecule has 2 aromatic rings. The number of benzene rings is 2. The van der Waals surface area contributed by atoms with Gasteiger partial charge in [0.05, 0.1) is 19.8 Å². The summed E-state index contributed by atoms with van der Waals surface area (Å²) in [7, 11) is 2.87. The van der Waals surface area contributed by atoms with Crippen LogP contribution in [0.2, 0.25) is 0 Å². The van der Waals surface area contributed by atoms with Gasteiger partial charge in [-0.2, -0.15) is 0 Å². The van der Waals surface area contributed by atoms with Gasteiger partial charge in [-0.25, -0.2) is 14.0 Å². The van der Waals surface area contributed by atoms with Crippen molar-refractivity contribution in [3.05, 3.63) is 59.4 Å². The molecule has 190 valence electrons. The van der Waals surface area contributed by atoms with Crippen LogP contribution in [0, 0.1) is 5.82 Å². The van der Waals surface area contributed by atoms with Crippen molar-refractivity contribution in [2.24, 2.45) is 0 Å². The van der Waals surface area contributed by atoms with Crippen molar-refractivity contribution in [3.63, 3.8) is 0 Å². The maximum atomic E-state index is 14.0. The molecule has 1 amide bonds. The minimum atomic E-state index is -1.57. The molecular weight excluding hydrogens is 457 g/mol. The van der Waals surface area contributed by atoms with Crippen LogP contribution in [0.25, 0.3) is 0 Å². The van der Waals surface area contributed by atoms with Crippen molar-refractivity contribution < 1.29 is 38.0 Å². The highest BCUT2D eigenvalue weighted by molar-refractivity contribution is 5.86. The van der Waals surface area contributed by atoms with E-state index in [0.29, 0.717) is 29.0 Å². The van der Waals surface area contributed by atoms with Crippen molar-refractivity contribution >= 4 is 12.1 Å². The first-order chi connectivity index (χ1) is 16.5. The van der Waals surface area contributed by atoms with Crippen molar-refractivity contribution in [1.29, 1.82) is 0 Å². The Labute approximate surface area is 204 Å². The van der Waals surface area contributed by atoms with Gasteiger partial charge in [0, 0.05) is 12.7 Å². The van der Waals surface area contributed by atoms with Crippen molar-refractivity contribution in [2.45, 2.75) is 57.4 Å². The Hall–Kier alpha value is -3.33. The molecule has 1 heterocycles. The number of amides is 1. The van der Waals surface area contributed by atoms with Gasteiger partial charge in [0.25, 0.3) is 0 Å². The predicted molar refractivity (Wildman–Crippen MR) is 126 cm³/mol. The Morgan fingerprint density at radius 1 is 1.14 bits per heavy atom. The molecule has 2 atom stereocenters. The van der Waals surface area contributed by atoms with E-state index in [1.165, 1.54) is 25.2 Å². The van der Waals surface area contributed by atoms with Crippen LogP contribution >= 0.6 is 0 Å². The third-order valence-corrected chi connectivity index (χ3v) is 5.89. The fraction of sp³-hybridized carbons (Fsp3) is 0.462. The maximum absolute atomic E-state index is 14.0. The number of carboxylic acid groups (broad SMARTS) is 1. The van der Waals surface area contributed by atoms with Crippen molar-refractivity contribution in [3.8, 4) is 11.5 Å². The number of halogens is 1. The predicted octanol–water partition coefficient (Wildman–Crippen LogP) is 4.96. The first kappa shape index (κ1) is 26.3. The maximum Gasteiger partial charge on any atom is 0.411 e. The lowest BCUT2D eigenvalue weighted by Crippen LogP contribution is -2.57. The van der Waals surface area contributed by atoms with E-state index in [0.717, 1.165) is 0 Å². The van der Waals surface area contributed by atoms with Crippen LogP contribution in [-0.4, -0.2) is 54.0 Å². The van der Waals surface area contributed by atoms with E-state index in [-0.39, 0.29) is 25.5 Å². The molecule has 0 spiro atoms. The largest absolute Gasteiger partial charge is 0.493 e. The molecule has 0 unspecified atom stereocenters. The third-order valence-electron chi connectivity index (χ3n) is 5.89. The number of hydrogen-bond donors (Lipinski definition) is 1. The van der Waals surface area contributed by atoms with Gasteiger partial charge in [0.2, 0.25) is 0 Å². The van der Waals surface area contributed by atoms with Gasteiger partial charge in [0.1, 0.15) is 18.0 Å². The van der Waals surface area contributed by atoms with Gasteiger partial charge in [0.15, 0.2) is 17.0 Å². The molecule has 0 aliphatic carbocycles. The van der Waals surface area contributed by atoms with Gasteiger partial charge in [-0.05, 0) is 57.4 Å². The van der Waals surface area contributed by atoms with Crippen LogP contribution in [0.1, 0.15) is 50.8 Å². The quantitative estimate of drug-likeness (QED) is 0.560. The summed E-state index contributed by atoms with van der Waals surface area (Å²) in [5, 5.41) is 10.1. The van der Waals surface area contributed by atoms with E-state index in [1.807, 2.05) is 0 Å². The summed E-state index contributed by atoms with van der Waals surface area (Å²) in [5.74, 6) is -0.764. The normalized spacial score (nSPS) is 19.9. The van der Waals surface area contributed by atoms with E-state index < -0.39 is 29.2 Å². The molecule has 1 aliphatic heterocycles. The molecule has 1 fully saturated rings. The van der Waals surface area contributed by atoms with Gasteiger partial charge in [-0.3, -0.25) is 4.90 Å².